The fourth-order valence-corrected chi connectivity index (χ4v) is 2.59. The Hall–Kier alpha value is -1.18. The van der Waals surface area contributed by atoms with Crippen molar-refractivity contribution in [1.82, 2.24) is 15.2 Å². The van der Waals surface area contributed by atoms with E-state index in [4.69, 9.17) is 4.74 Å². The second-order valence-electron chi connectivity index (χ2n) is 5.17. The monoisotopic (exact) mass is 303 g/mol. The Labute approximate surface area is 122 Å². The number of rotatable bonds is 4. The molecule has 2 heterocycles. The molecule has 0 aromatic carbocycles. The molecule has 0 saturated carbocycles. The van der Waals surface area contributed by atoms with Crippen molar-refractivity contribution in [3.8, 4) is 0 Å². The minimum atomic E-state index is -4.40. The number of likely N-dealkylation sites (N-methyl/N-ethyl adjacent to an activating group) is 2. The second-order valence-corrected chi connectivity index (χ2v) is 5.17. The van der Waals surface area contributed by atoms with Crippen LogP contribution in [0.2, 0.25) is 0 Å². The highest BCUT2D eigenvalue weighted by Crippen LogP contribution is 2.35. The van der Waals surface area contributed by atoms with Crippen molar-refractivity contribution in [2.45, 2.75) is 25.2 Å². The van der Waals surface area contributed by atoms with Crippen molar-refractivity contribution in [1.29, 1.82) is 0 Å². The molecule has 1 aliphatic rings. The van der Waals surface area contributed by atoms with Crippen LogP contribution in [-0.4, -0.2) is 49.3 Å². The number of pyridine rings is 1. The van der Waals surface area contributed by atoms with Gasteiger partial charge in [-0.25, -0.2) is 0 Å². The van der Waals surface area contributed by atoms with E-state index in [-0.39, 0.29) is 11.7 Å². The Morgan fingerprint density at radius 3 is 2.90 bits per heavy atom. The fraction of sp³-hybridized carbons (Fsp3) is 0.643. The van der Waals surface area contributed by atoms with Crippen LogP contribution in [0.4, 0.5) is 13.2 Å². The molecule has 0 aliphatic carbocycles. The quantitative estimate of drug-likeness (QED) is 0.924. The van der Waals surface area contributed by atoms with Crippen LogP contribution in [0.1, 0.15) is 24.1 Å². The lowest BCUT2D eigenvalue weighted by Gasteiger charge is -2.36. The molecule has 0 spiro atoms. The maximum absolute atomic E-state index is 13.2. The number of morpholine rings is 1. The molecule has 0 bridgehead atoms. The molecule has 1 saturated heterocycles. The molecule has 2 atom stereocenters. The fourth-order valence-electron chi connectivity index (χ4n) is 2.59. The number of aromatic nitrogens is 1. The van der Waals surface area contributed by atoms with Gasteiger partial charge in [0, 0.05) is 31.0 Å². The molecule has 1 N–H and O–H groups in total. The largest absolute Gasteiger partial charge is 0.416 e. The van der Waals surface area contributed by atoms with E-state index in [9.17, 15) is 13.2 Å². The van der Waals surface area contributed by atoms with Gasteiger partial charge in [0.25, 0.3) is 0 Å². The standard InChI is InChI=1S/C14H20F3N3O/c1-3-19-13(12-9-20(2)6-7-21-12)10-8-18-5-4-11(10)14(15,16)17/h4-5,8,12-13,19H,3,6-7,9H2,1-2H3. The summed E-state index contributed by atoms with van der Waals surface area (Å²) >= 11 is 0. The summed E-state index contributed by atoms with van der Waals surface area (Å²) in [5.41, 5.74) is -0.507. The summed E-state index contributed by atoms with van der Waals surface area (Å²) in [4.78, 5) is 5.92. The number of alkyl halides is 3. The summed E-state index contributed by atoms with van der Waals surface area (Å²) < 4.78 is 45.2. The molecule has 2 unspecified atom stereocenters. The Morgan fingerprint density at radius 2 is 2.29 bits per heavy atom. The number of nitrogens with zero attached hydrogens (tertiary/aromatic N) is 2. The number of ether oxygens (including phenoxy) is 1. The summed E-state index contributed by atoms with van der Waals surface area (Å²) in [6.45, 7) is 4.31. The molecule has 0 radical (unpaired) electrons. The van der Waals surface area contributed by atoms with Crippen molar-refractivity contribution >= 4 is 0 Å². The van der Waals surface area contributed by atoms with Crippen LogP contribution in [-0.2, 0) is 10.9 Å². The maximum Gasteiger partial charge on any atom is 0.416 e. The Bertz CT molecular complexity index is 467. The van der Waals surface area contributed by atoms with Crippen LogP contribution in [0, 0.1) is 0 Å². The van der Waals surface area contributed by atoms with Gasteiger partial charge in [0.2, 0.25) is 0 Å². The average Bonchev–Trinajstić information content (AvgIpc) is 2.44. The second kappa shape index (κ2) is 6.72. The molecular weight excluding hydrogens is 283 g/mol. The van der Waals surface area contributed by atoms with E-state index >= 15 is 0 Å². The van der Waals surface area contributed by atoms with Crippen LogP contribution in [0.5, 0.6) is 0 Å². The molecule has 118 valence electrons. The Kier molecular flexibility index (Phi) is 5.18. The third-order valence-corrected chi connectivity index (χ3v) is 3.58. The molecule has 1 aromatic heterocycles. The molecule has 1 aromatic rings. The summed E-state index contributed by atoms with van der Waals surface area (Å²) in [5, 5.41) is 3.11. The first-order valence-corrected chi connectivity index (χ1v) is 6.98. The minimum Gasteiger partial charge on any atom is -0.374 e. The van der Waals surface area contributed by atoms with Crippen LogP contribution in [0.3, 0.4) is 0 Å². The van der Waals surface area contributed by atoms with E-state index in [1.54, 1.807) is 0 Å². The first kappa shape index (κ1) is 16.2. The van der Waals surface area contributed by atoms with Crippen LogP contribution in [0.15, 0.2) is 18.5 Å². The van der Waals surface area contributed by atoms with Crippen molar-refractivity contribution in [3.63, 3.8) is 0 Å². The molecular formula is C14H20F3N3O. The number of halogens is 3. The zero-order valence-corrected chi connectivity index (χ0v) is 12.2. The first-order valence-electron chi connectivity index (χ1n) is 6.98. The highest BCUT2D eigenvalue weighted by atomic mass is 19.4. The van der Waals surface area contributed by atoms with Crippen molar-refractivity contribution in [3.05, 3.63) is 29.6 Å². The van der Waals surface area contributed by atoms with Gasteiger partial charge in [0.15, 0.2) is 0 Å². The van der Waals surface area contributed by atoms with E-state index in [0.29, 0.717) is 19.7 Å². The van der Waals surface area contributed by atoms with Gasteiger partial charge in [0.1, 0.15) is 0 Å². The topological polar surface area (TPSA) is 37.4 Å². The van der Waals surface area contributed by atoms with E-state index in [2.05, 4.69) is 15.2 Å². The molecule has 0 amide bonds. The van der Waals surface area contributed by atoms with Gasteiger partial charge in [-0.1, -0.05) is 6.92 Å². The summed E-state index contributed by atoms with van der Waals surface area (Å²) in [6.07, 6.45) is -2.27. The van der Waals surface area contributed by atoms with E-state index in [1.807, 2.05) is 14.0 Å². The minimum absolute atomic E-state index is 0.146. The zero-order chi connectivity index (χ0) is 15.5. The molecule has 1 aliphatic heterocycles. The van der Waals surface area contributed by atoms with Gasteiger partial charge in [-0.3, -0.25) is 4.98 Å². The van der Waals surface area contributed by atoms with Gasteiger partial charge in [-0.2, -0.15) is 13.2 Å². The Morgan fingerprint density at radius 1 is 1.52 bits per heavy atom. The molecule has 7 heteroatoms. The summed E-state index contributed by atoms with van der Waals surface area (Å²) in [7, 11) is 1.94. The molecule has 4 nitrogen and oxygen atoms in total. The van der Waals surface area contributed by atoms with E-state index in [1.165, 1.54) is 12.4 Å². The summed E-state index contributed by atoms with van der Waals surface area (Å²) in [5.74, 6) is 0. The van der Waals surface area contributed by atoms with Gasteiger partial charge in [-0.05, 0) is 19.7 Å². The highest BCUT2D eigenvalue weighted by molar-refractivity contribution is 5.30. The molecule has 2 rings (SSSR count). The van der Waals surface area contributed by atoms with Gasteiger partial charge in [-0.15, -0.1) is 0 Å². The van der Waals surface area contributed by atoms with Crippen LogP contribution >= 0.6 is 0 Å². The maximum atomic E-state index is 13.2. The SMILES string of the molecule is CCNC(c1cnccc1C(F)(F)F)C1CN(C)CCO1. The number of hydrogen-bond acceptors (Lipinski definition) is 4. The predicted octanol–water partition coefficient (Wildman–Crippen LogP) is 2.08. The first-order chi connectivity index (χ1) is 9.93. The molecule has 1 fully saturated rings. The lowest BCUT2D eigenvalue weighted by atomic mass is 9.96. The van der Waals surface area contributed by atoms with Crippen molar-refractivity contribution < 1.29 is 17.9 Å². The summed E-state index contributed by atoms with van der Waals surface area (Å²) in [6, 6.07) is 0.495. The lowest BCUT2D eigenvalue weighted by molar-refractivity contribution is -0.139. The third kappa shape index (κ3) is 3.93. The Balaban J connectivity index is 2.34. The van der Waals surface area contributed by atoms with E-state index in [0.717, 1.165) is 12.6 Å². The molecule has 21 heavy (non-hydrogen) atoms. The lowest BCUT2D eigenvalue weighted by Crippen LogP contribution is -2.47. The van der Waals surface area contributed by atoms with Crippen LogP contribution in [0.25, 0.3) is 0 Å². The van der Waals surface area contributed by atoms with E-state index < -0.39 is 17.8 Å². The van der Waals surface area contributed by atoms with Gasteiger partial charge in [0.05, 0.1) is 24.3 Å². The smallest absolute Gasteiger partial charge is 0.374 e. The number of hydrogen-bond donors (Lipinski definition) is 1. The van der Waals surface area contributed by atoms with Crippen molar-refractivity contribution in [2.24, 2.45) is 0 Å². The highest BCUT2D eigenvalue weighted by Gasteiger charge is 2.38. The van der Waals surface area contributed by atoms with Crippen LogP contribution < -0.4 is 5.32 Å². The van der Waals surface area contributed by atoms with Gasteiger partial charge >= 0.3 is 6.18 Å². The normalized spacial score (nSPS) is 22.2. The predicted molar refractivity (Wildman–Crippen MR) is 72.9 cm³/mol. The number of nitrogens with one attached hydrogen (secondary N) is 1. The zero-order valence-electron chi connectivity index (χ0n) is 12.2. The van der Waals surface area contributed by atoms with Gasteiger partial charge < -0.3 is 15.0 Å². The van der Waals surface area contributed by atoms with Crippen molar-refractivity contribution in [2.75, 3.05) is 33.3 Å². The average molecular weight is 303 g/mol. The third-order valence-electron chi connectivity index (χ3n) is 3.58.